The van der Waals surface area contributed by atoms with Crippen molar-refractivity contribution < 1.29 is 9.47 Å². The van der Waals surface area contributed by atoms with Crippen molar-refractivity contribution in [2.45, 2.75) is 18.9 Å². The molecule has 1 aromatic rings. The standard InChI is InChI=1S/C11H13N3O2/c12-7-8-1-4-14-11(10(8)13)16-9-2-5-15-6-3-9/h1,4,9H,2-3,5-6,13H2. The second kappa shape index (κ2) is 4.81. The summed E-state index contributed by atoms with van der Waals surface area (Å²) in [6, 6.07) is 3.58. The van der Waals surface area contributed by atoms with Crippen LogP contribution < -0.4 is 10.5 Å². The molecule has 0 radical (unpaired) electrons. The lowest BCUT2D eigenvalue weighted by molar-refractivity contribution is 0.0240. The fraction of sp³-hybridized carbons (Fsp3) is 0.455. The second-order valence-corrected chi connectivity index (χ2v) is 3.62. The van der Waals surface area contributed by atoms with E-state index in [0.29, 0.717) is 30.3 Å². The Labute approximate surface area is 93.8 Å². The molecule has 2 N–H and O–H groups in total. The van der Waals surface area contributed by atoms with Crippen molar-refractivity contribution in [1.29, 1.82) is 5.26 Å². The van der Waals surface area contributed by atoms with Crippen LogP contribution in [0.15, 0.2) is 12.3 Å². The average molecular weight is 219 g/mol. The molecule has 0 amide bonds. The highest BCUT2D eigenvalue weighted by Crippen LogP contribution is 2.24. The molecule has 0 aliphatic carbocycles. The highest BCUT2D eigenvalue weighted by atomic mass is 16.5. The van der Waals surface area contributed by atoms with Crippen LogP contribution in [-0.4, -0.2) is 24.3 Å². The van der Waals surface area contributed by atoms with Gasteiger partial charge in [0.1, 0.15) is 17.9 Å². The lowest BCUT2D eigenvalue weighted by Crippen LogP contribution is -2.26. The molecular weight excluding hydrogens is 206 g/mol. The number of pyridine rings is 1. The SMILES string of the molecule is N#Cc1ccnc(OC2CCOCC2)c1N. The first-order valence-electron chi connectivity index (χ1n) is 5.20. The van der Waals surface area contributed by atoms with Crippen LogP contribution in [0.1, 0.15) is 18.4 Å². The Morgan fingerprint density at radius 1 is 1.50 bits per heavy atom. The third kappa shape index (κ3) is 2.23. The van der Waals surface area contributed by atoms with Crippen LogP contribution in [-0.2, 0) is 4.74 Å². The van der Waals surface area contributed by atoms with Gasteiger partial charge in [0.2, 0.25) is 5.88 Å². The summed E-state index contributed by atoms with van der Waals surface area (Å²) in [7, 11) is 0. The maximum absolute atomic E-state index is 8.82. The van der Waals surface area contributed by atoms with Gasteiger partial charge >= 0.3 is 0 Å². The van der Waals surface area contributed by atoms with Crippen molar-refractivity contribution in [2.24, 2.45) is 0 Å². The Morgan fingerprint density at radius 3 is 2.94 bits per heavy atom. The zero-order valence-corrected chi connectivity index (χ0v) is 8.85. The molecule has 0 atom stereocenters. The Bertz CT molecular complexity index is 408. The van der Waals surface area contributed by atoms with E-state index in [2.05, 4.69) is 4.98 Å². The number of nitriles is 1. The minimum atomic E-state index is 0.0810. The first-order chi connectivity index (χ1) is 7.81. The van der Waals surface area contributed by atoms with Crippen LogP contribution in [0.25, 0.3) is 0 Å². The third-order valence-corrected chi connectivity index (χ3v) is 2.52. The van der Waals surface area contributed by atoms with Gasteiger partial charge in [0, 0.05) is 19.0 Å². The van der Waals surface area contributed by atoms with E-state index in [1.54, 1.807) is 6.07 Å². The van der Waals surface area contributed by atoms with Crippen molar-refractivity contribution in [2.75, 3.05) is 18.9 Å². The number of anilines is 1. The Hall–Kier alpha value is -1.80. The maximum atomic E-state index is 8.82. The number of ether oxygens (including phenoxy) is 2. The van der Waals surface area contributed by atoms with E-state index < -0.39 is 0 Å². The van der Waals surface area contributed by atoms with Crippen LogP contribution >= 0.6 is 0 Å². The first kappa shape index (κ1) is 10.7. The molecule has 0 aromatic carbocycles. The highest BCUT2D eigenvalue weighted by molar-refractivity contribution is 5.59. The second-order valence-electron chi connectivity index (χ2n) is 3.62. The minimum Gasteiger partial charge on any atom is -0.473 e. The van der Waals surface area contributed by atoms with Crippen LogP contribution in [0.4, 0.5) is 5.69 Å². The summed E-state index contributed by atoms with van der Waals surface area (Å²) in [4.78, 5) is 4.04. The number of hydrogen-bond donors (Lipinski definition) is 1. The molecule has 1 aromatic heterocycles. The molecule has 5 heteroatoms. The summed E-state index contributed by atoms with van der Waals surface area (Å²) in [6.07, 6.45) is 3.27. The number of nitrogen functional groups attached to an aromatic ring is 1. The van der Waals surface area contributed by atoms with Crippen molar-refractivity contribution in [1.82, 2.24) is 4.98 Å². The topological polar surface area (TPSA) is 81.2 Å². The van der Waals surface area contributed by atoms with Crippen molar-refractivity contribution in [3.8, 4) is 11.9 Å². The summed E-state index contributed by atoms with van der Waals surface area (Å²) in [5, 5.41) is 8.82. The van der Waals surface area contributed by atoms with Gasteiger partial charge in [0.15, 0.2) is 0 Å². The fourth-order valence-corrected chi connectivity index (χ4v) is 1.60. The van der Waals surface area contributed by atoms with Gasteiger partial charge in [-0.15, -0.1) is 0 Å². The molecule has 2 rings (SSSR count). The highest BCUT2D eigenvalue weighted by Gasteiger charge is 2.17. The van der Waals surface area contributed by atoms with E-state index in [-0.39, 0.29) is 6.10 Å². The van der Waals surface area contributed by atoms with Gasteiger partial charge in [0.05, 0.1) is 18.8 Å². The summed E-state index contributed by atoms with van der Waals surface area (Å²) in [6.45, 7) is 1.39. The Balaban J connectivity index is 2.12. The van der Waals surface area contributed by atoms with Crippen molar-refractivity contribution in [3.05, 3.63) is 17.8 Å². The van der Waals surface area contributed by atoms with Gasteiger partial charge in [-0.1, -0.05) is 0 Å². The lowest BCUT2D eigenvalue weighted by Gasteiger charge is -2.23. The number of hydrogen-bond acceptors (Lipinski definition) is 5. The number of aromatic nitrogens is 1. The molecule has 16 heavy (non-hydrogen) atoms. The zero-order chi connectivity index (χ0) is 11.4. The summed E-state index contributed by atoms with van der Waals surface area (Å²) in [5.41, 5.74) is 6.49. The molecular formula is C11H13N3O2. The van der Waals surface area contributed by atoms with Crippen molar-refractivity contribution >= 4 is 5.69 Å². The van der Waals surface area contributed by atoms with E-state index in [0.717, 1.165) is 12.8 Å². The molecule has 1 aliphatic rings. The lowest BCUT2D eigenvalue weighted by atomic mass is 10.1. The van der Waals surface area contributed by atoms with Crippen LogP contribution in [0.3, 0.4) is 0 Å². The van der Waals surface area contributed by atoms with Gasteiger partial charge in [0.25, 0.3) is 0 Å². The molecule has 0 unspecified atom stereocenters. The minimum absolute atomic E-state index is 0.0810. The van der Waals surface area contributed by atoms with Gasteiger partial charge in [-0.25, -0.2) is 4.98 Å². The molecule has 1 aliphatic heterocycles. The predicted octanol–water partition coefficient (Wildman–Crippen LogP) is 1.09. The van der Waals surface area contributed by atoms with Crippen molar-refractivity contribution in [3.63, 3.8) is 0 Å². The van der Waals surface area contributed by atoms with E-state index >= 15 is 0 Å². The van der Waals surface area contributed by atoms with Gasteiger partial charge in [-0.05, 0) is 6.07 Å². The summed E-state index contributed by atoms with van der Waals surface area (Å²) < 4.78 is 10.9. The molecule has 1 fully saturated rings. The number of nitrogens with zero attached hydrogens (tertiary/aromatic N) is 2. The molecule has 2 heterocycles. The molecule has 84 valence electrons. The quantitative estimate of drug-likeness (QED) is 0.805. The zero-order valence-electron chi connectivity index (χ0n) is 8.85. The van der Waals surface area contributed by atoms with Crippen LogP contribution in [0.2, 0.25) is 0 Å². The van der Waals surface area contributed by atoms with E-state index in [1.807, 2.05) is 6.07 Å². The van der Waals surface area contributed by atoms with E-state index in [9.17, 15) is 0 Å². The largest absolute Gasteiger partial charge is 0.473 e. The Kier molecular flexibility index (Phi) is 3.22. The molecule has 0 spiro atoms. The molecule has 1 saturated heterocycles. The maximum Gasteiger partial charge on any atom is 0.238 e. The fourth-order valence-electron chi connectivity index (χ4n) is 1.60. The van der Waals surface area contributed by atoms with Crippen LogP contribution in [0, 0.1) is 11.3 Å². The smallest absolute Gasteiger partial charge is 0.238 e. The van der Waals surface area contributed by atoms with Gasteiger partial charge in [-0.3, -0.25) is 0 Å². The summed E-state index contributed by atoms with van der Waals surface area (Å²) in [5.74, 6) is 0.353. The number of nitrogens with two attached hydrogens (primary N) is 1. The van der Waals surface area contributed by atoms with Gasteiger partial charge < -0.3 is 15.2 Å². The number of rotatable bonds is 2. The van der Waals surface area contributed by atoms with Crippen LogP contribution in [0.5, 0.6) is 5.88 Å². The summed E-state index contributed by atoms with van der Waals surface area (Å²) >= 11 is 0. The molecule has 0 bridgehead atoms. The molecule has 0 saturated carbocycles. The molecule has 5 nitrogen and oxygen atoms in total. The van der Waals surface area contributed by atoms with E-state index in [4.69, 9.17) is 20.5 Å². The Morgan fingerprint density at radius 2 is 2.25 bits per heavy atom. The first-order valence-corrected chi connectivity index (χ1v) is 5.20. The van der Waals surface area contributed by atoms with E-state index in [1.165, 1.54) is 6.20 Å². The van der Waals surface area contributed by atoms with Gasteiger partial charge in [-0.2, -0.15) is 5.26 Å². The predicted molar refractivity (Wildman–Crippen MR) is 57.8 cm³/mol. The third-order valence-electron chi connectivity index (χ3n) is 2.52. The average Bonchev–Trinajstić information content (AvgIpc) is 2.33. The normalized spacial score (nSPS) is 16.7. The monoisotopic (exact) mass is 219 g/mol.